The maximum absolute atomic E-state index is 12.0. The summed E-state index contributed by atoms with van der Waals surface area (Å²) in [4.78, 5) is 13.1. The zero-order valence-electron chi connectivity index (χ0n) is 11.9. The van der Waals surface area contributed by atoms with Crippen molar-refractivity contribution in [3.8, 4) is 0 Å². The lowest BCUT2D eigenvalue weighted by atomic mass is 10.0. The molecule has 0 spiro atoms. The minimum atomic E-state index is -0.279. The van der Waals surface area contributed by atoms with Gasteiger partial charge in [-0.1, -0.05) is 30.3 Å². The highest BCUT2D eigenvalue weighted by molar-refractivity contribution is 7.99. The number of carbonyl (C=O) groups excluding carboxylic acids is 1. The smallest absolute Gasteiger partial charge is 0.242 e. The number of benzene rings is 2. The lowest BCUT2D eigenvalue weighted by Gasteiger charge is -2.16. The van der Waals surface area contributed by atoms with E-state index in [1.54, 1.807) is 11.8 Å². The minimum Gasteiger partial charge on any atom is -0.399 e. The van der Waals surface area contributed by atoms with Crippen molar-refractivity contribution < 1.29 is 4.79 Å². The Morgan fingerprint density at radius 2 is 1.95 bits per heavy atom. The van der Waals surface area contributed by atoms with Crippen molar-refractivity contribution in [1.82, 2.24) is 5.43 Å². The molecule has 1 atom stereocenters. The van der Waals surface area contributed by atoms with Gasteiger partial charge in [0.15, 0.2) is 0 Å². The second kappa shape index (κ2) is 7.15. The molecule has 0 radical (unpaired) electrons. The van der Waals surface area contributed by atoms with Crippen LogP contribution < -0.4 is 17.0 Å². The number of hydrazine groups is 1. The number of hydrogen-bond donors (Lipinski definition) is 3. The van der Waals surface area contributed by atoms with E-state index in [1.165, 1.54) is 0 Å². The second-order valence-electron chi connectivity index (χ2n) is 4.81. The molecule has 0 fully saturated rings. The first-order valence-electron chi connectivity index (χ1n) is 6.66. The molecule has 5 N–H and O–H groups in total. The lowest BCUT2D eigenvalue weighted by Crippen LogP contribution is -2.35. The first-order valence-corrected chi connectivity index (χ1v) is 7.64. The standard InChI is InChI=1S/C16H19N3OS/c1-11-9-13(17)7-8-15(11)21-10-14(16(20)19-18)12-5-3-2-4-6-12/h2-9,14H,10,17-18H2,1H3,(H,19,20). The largest absolute Gasteiger partial charge is 0.399 e. The minimum absolute atomic E-state index is 0.179. The summed E-state index contributed by atoms with van der Waals surface area (Å²) in [6, 6.07) is 15.4. The van der Waals surface area contributed by atoms with Gasteiger partial charge in [0.1, 0.15) is 0 Å². The molecule has 110 valence electrons. The number of nitrogens with one attached hydrogen (secondary N) is 1. The van der Waals surface area contributed by atoms with Gasteiger partial charge in [-0.2, -0.15) is 0 Å². The van der Waals surface area contributed by atoms with Crippen molar-refractivity contribution in [1.29, 1.82) is 0 Å². The van der Waals surface area contributed by atoms with Gasteiger partial charge in [-0.15, -0.1) is 11.8 Å². The molecule has 1 unspecified atom stereocenters. The van der Waals surface area contributed by atoms with Crippen LogP contribution in [0.1, 0.15) is 17.0 Å². The topological polar surface area (TPSA) is 81.1 Å². The van der Waals surface area contributed by atoms with Gasteiger partial charge in [0, 0.05) is 16.3 Å². The third kappa shape index (κ3) is 4.00. The summed E-state index contributed by atoms with van der Waals surface area (Å²) in [6.07, 6.45) is 0. The van der Waals surface area contributed by atoms with E-state index in [2.05, 4.69) is 5.43 Å². The summed E-state index contributed by atoms with van der Waals surface area (Å²) in [6.45, 7) is 2.01. The Bertz CT molecular complexity index is 616. The van der Waals surface area contributed by atoms with Crippen LogP contribution in [0.2, 0.25) is 0 Å². The third-order valence-corrected chi connectivity index (χ3v) is 4.53. The van der Waals surface area contributed by atoms with Crippen molar-refractivity contribution in [3.05, 3.63) is 59.7 Å². The van der Waals surface area contributed by atoms with Crippen molar-refractivity contribution >= 4 is 23.4 Å². The van der Waals surface area contributed by atoms with Gasteiger partial charge in [0.25, 0.3) is 0 Å². The van der Waals surface area contributed by atoms with Gasteiger partial charge in [0.05, 0.1) is 5.92 Å². The summed E-state index contributed by atoms with van der Waals surface area (Å²) < 4.78 is 0. The van der Waals surface area contributed by atoms with Gasteiger partial charge >= 0.3 is 0 Å². The van der Waals surface area contributed by atoms with Gasteiger partial charge in [-0.05, 0) is 36.2 Å². The number of amides is 1. The van der Waals surface area contributed by atoms with E-state index in [1.807, 2.05) is 55.5 Å². The number of thioether (sulfide) groups is 1. The summed E-state index contributed by atoms with van der Waals surface area (Å²) in [5, 5.41) is 0. The average Bonchev–Trinajstić information content (AvgIpc) is 2.50. The molecule has 5 heteroatoms. The fraction of sp³-hybridized carbons (Fsp3) is 0.188. The van der Waals surface area contributed by atoms with Crippen molar-refractivity contribution in [2.75, 3.05) is 11.5 Å². The maximum Gasteiger partial charge on any atom is 0.242 e. The van der Waals surface area contributed by atoms with Crippen molar-refractivity contribution in [2.45, 2.75) is 17.7 Å². The first-order chi connectivity index (χ1) is 10.1. The fourth-order valence-corrected chi connectivity index (χ4v) is 3.26. The Labute approximate surface area is 128 Å². The average molecular weight is 301 g/mol. The van der Waals surface area contributed by atoms with E-state index < -0.39 is 0 Å². The van der Waals surface area contributed by atoms with E-state index in [0.717, 1.165) is 21.7 Å². The summed E-state index contributed by atoms with van der Waals surface area (Å²) in [7, 11) is 0. The summed E-state index contributed by atoms with van der Waals surface area (Å²) >= 11 is 1.63. The molecule has 1 amide bonds. The van der Waals surface area contributed by atoms with Gasteiger partial charge in [-0.25, -0.2) is 5.84 Å². The number of rotatable bonds is 5. The first kappa shape index (κ1) is 15.4. The molecular formula is C16H19N3OS. The Morgan fingerprint density at radius 1 is 1.24 bits per heavy atom. The van der Waals surface area contributed by atoms with Crippen molar-refractivity contribution in [2.24, 2.45) is 5.84 Å². The fourth-order valence-electron chi connectivity index (χ4n) is 2.12. The molecule has 2 aromatic carbocycles. The number of nitrogens with two attached hydrogens (primary N) is 2. The van der Waals surface area contributed by atoms with Crippen LogP contribution >= 0.6 is 11.8 Å². The van der Waals surface area contributed by atoms with Crippen LogP contribution in [0, 0.1) is 6.92 Å². The molecule has 21 heavy (non-hydrogen) atoms. The molecule has 0 bridgehead atoms. The van der Waals surface area contributed by atoms with Crippen LogP contribution in [0.4, 0.5) is 5.69 Å². The highest BCUT2D eigenvalue weighted by Crippen LogP contribution is 2.29. The monoisotopic (exact) mass is 301 g/mol. The molecule has 2 rings (SSSR count). The summed E-state index contributed by atoms with van der Waals surface area (Å²) in [5.74, 6) is 5.47. The Morgan fingerprint density at radius 3 is 2.57 bits per heavy atom. The predicted molar refractivity (Wildman–Crippen MR) is 87.8 cm³/mol. The molecule has 0 saturated heterocycles. The number of carbonyl (C=O) groups is 1. The zero-order chi connectivity index (χ0) is 15.2. The van der Waals surface area contributed by atoms with Crippen LogP contribution in [0.5, 0.6) is 0 Å². The van der Waals surface area contributed by atoms with E-state index in [9.17, 15) is 4.79 Å². The second-order valence-corrected chi connectivity index (χ2v) is 5.87. The molecule has 0 saturated carbocycles. The van der Waals surface area contributed by atoms with E-state index >= 15 is 0 Å². The number of aryl methyl sites for hydroxylation is 1. The van der Waals surface area contributed by atoms with Crippen LogP contribution in [0.15, 0.2) is 53.4 Å². The lowest BCUT2D eigenvalue weighted by molar-refractivity contribution is -0.122. The molecule has 0 heterocycles. The van der Waals surface area contributed by atoms with E-state index in [-0.39, 0.29) is 11.8 Å². The molecule has 4 nitrogen and oxygen atoms in total. The predicted octanol–water partition coefficient (Wildman–Crippen LogP) is 2.44. The number of anilines is 1. The van der Waals surface area contributed by atoms with Crippen molar-refractivity contribution in [3.63, 3.8) is 0 Å². The van der Waals surface area contributed by atoms with Gasteiger partial charge < -0.3 is 5.73 Å². The van der Waals surface area contributed by atoms with Crippen LogP contribution in [0.25, 0.3) is 0 Å². The third-order valence-electron chi connectivity index (χ3n) is 3.27. The molecule has 2 aromatic rings. The molecule has 0 aliphatic carbocycles. The zero-order valence-corrected chi connectivity index (χ0v) is 12.7. The molecular weight excluding hydrogens is 282 g/mol. The summed E-state index contributed by atoms with van der Waals surface area (Å²) in [5.41, 5.74) is 10.8. The van der Waals surface area contributed by atoms with E-state index in [0.29, 0.717) is 5.75 Å². The van der Waals surface area contributed by atoms with Crippen LogP contribution in [0.3, 0.4) is 0 Å². The highest BCUT2D eigenvalue weighted by Gasteiger charge is 2.20. The van der Waals surface area contributed by atoms with Crippen LogP contribution in [-0.4, -0.2) is 11.7 Å². The highest BCUT2D eigenvalue weighted by atomic mass is 32.2. The molecule has 0 aliphatic heterocycles. The normalized spacial score (nSPS) is 11.9. The van der Waals surface area contributed by atoms with E-state index in [4.69, 9.17) is 11.6 Å². The maximum atomic E-state index is 12.0. The molecule has 0 aliphatic rings. The molecule has 0 aromatic heterocycles. The van der Waals surface area contributed by atoms with Gasteiger partial charge in [0.2, 0.25) is 5.91 Å². The Balaban J connectivity index is 2.15. The van der Waals surface area contributed by atoms with Crippen LogP contribution in [-0.2, 0) is 4.79 Å². The number of hydrogen-bond acceptors (Lipinski definition) is 4. The number of nitrogen functional groups attached to an aromatic ring is 1. The quantitative estimate of drug-likeness (QED) is 0.260. The SMILES string of the molecule is Cc1cc(N)ccc1SCC(C(=O)NN)c1ccccc1. The Hall–Kier alpha value is -1.98. The van der Waals surface area contributed by atoms with Gasteiger partial charge in [-0.3, -0.25) is 10.2 Å². The Kier molecular flexibility index (Phi) is 5.25.